The molecule has 1 aliphatic rings. The molecule has 1 fully saturated rings. The maximum Gasteiger partial charge on any atom is 0.410 e. The Morgan fingerprint density at radius 1 is 0.889 bits per heavy atom. The van der Waals surface area contributed by atoms with Gasteiger partial charge in [0, 0.05) is 32.7 Å². The van der Waals surface area contributed by atoms with Gasteiger partial charge in [-0.1, -0.05) is 13.8 Å². The van der Waals surface area contributed by atoms with Crippen LogP contribution in [0.2, 0.25) is 0 Å². The summed E-state index contributed by atoms with van der Waals surface area (Å²) in [6, 6.07) is 0. The normalized spacial score (nSPS) is 14.9. The molecule has 0 aromatic heterocycles. The molecule has 0 spiro atoms. The van der Waals surface area contributed by atoms with Crippen molar-refractivity contribution in [3.63, 3.8) is 0 Å². The Labute approximate surface area is 163 Å². The van der Waals surface area contributed by atoms with Crippen molar-refractivity contribution in [2.24, 2.45) is 5.92 Å². The number of nitrogens with zero attached hydrogens (tertiary/aromatic N) is 2. The fourth-order valence-electron chi connectivity index (χ4n) is 2.01. The van der Waals surface area contributed by atoms with Gasteiger partial charge in [0.2, 0.25) is 6.41 Å². The van der Waals surface area contributed by atoms with E-state index in [9.17, 15) is 14.4 Å². The monoisotopic (exact) mass is 387 g/mol. The van der Waals surface area contributed by atoms with Crippen molar-refractivity contribution in [3.8, 4) is 0 Å². The van der Waals surface area contributed by atoms with E-state index in [2.05, 4.69) is 19.2 Å². The molecule has 1 saturated heterocycles. The fraction of sp³-hybridized carbons (Fsp3) is 0.842. The smallest absolute Gasteiger partial charge is 0.410 e. The highest BCUT2D eigenvalue weighted by Crippen LogP contribution is 2.14. The quantitative estimate of drug-likeness (QED) is 0.752. The first-order valence-corrected chi connectivity index (χ1v) is 9.38. The molecule has 0 radical (unpaired) electrons. The number of hydrogen-bond donors (Lipinski definition) is 1. The number of ether oxygens (including phenoxy) is 2. The highest BCUT2D eigenvalue weighted by Gasteiger charge is 2.29. The lowest BCUT2D eigenvalue weighted by molar-refractivity contribution is -0.109. The summed E-state index contributed by atoms with van der Waals surface area (Å²) in [4.78, 5) is 36.6. The summed E-state index contributed by atoms with van der Waals surface area (Å²) < 4.78 is 10.6. The minimum Gasteiger partial charge on any atom is -0.444 e. The Balaban J connectivity index is 0.000000821. The number of piperazine rings is 1. The predicted octanol–water partition coefficient (Wildman–Crippen LogP) is 2.86. The molecular formula is C19H37N3O5. The third kappa shape index (κ3) is 12.9. The predicted molar refractivity (Wildman–Crippen MR) is 105 cm³/mol. The van der Waals surface area contributed by atoms with Gasteiger partial charge in [0.15, 0.2) is 0 Å². The summed E-state index contributed by atoms with van der Waals surface area (Å²) in [5.74, 6) is 0.560. The van der Waals surface area contributed by atoms with Crippen LogP contribution in [0, 0.1) is 5.92 Å². The van der Waals surface area contributed by atoms with E-state index in [1.807, 2.05) is 41.5 Å². The summed E-state index contributed by atoms with van der Waals surface area (Å²) in [5, 5.41) is 2.57. The highest BCUT2D eigenvalue weighted by atomic mass is 16.6. The lowest BCUT2D eigenvalue weighted by atomic mass is 10.2. The first-order valence-electron chi connectivity index (χ1n) is 9.38. The summed E-state index contributed by atoms with van der Waals surface area (Å²) in [6.45, 7) is 17.8. The maximum atomic E-state index is 11.9. The van der Waals surface area contributed by atoms with Crippen LogP contribution < -0.4 is 5.32 Å². The van der Waals surface area contributed by atoms with E-state index in [0.717, 1.165) is 13.0 Å². The van der Waals surface area contributed by atoms with Crippen molar-refractivity contribution in [1.82, 2.24) is 15.1 Å². The zero-order valence-electron chi connectivity index (χ0n) is 18.1. The van der Waals surface area contributed by atoms with Gasteiger partial charge in [-0.15, -0.1) is 0 Å². The third-order valence-corrected chi connectivity index (χ3v) is 3.19. The van der Waals surface area contributed by atoms with Crippen LogP contribution >= 0.6 is 0 Å². The van der Waals surface area contributed by atoms with Gasteiger partial charge < -0.3 is 24.6 Å². The molecule has 8 heteroatoms. The van der Waals surface area contributed by atoms with Crippen molar-refractivity contribution >= 4 is 18.6 Å². The molecule has 0 unspecified atom stereocenters. The average Bonchev–Trinajstić information content (AvgIpc) is 2.50. The van der Waals surface area contributed by atoms with Gasteiger partial charge in [-0.25, -0.2) is 9.59 Å². The Morgan fingerprint density at radius 3 is 1.41 bits per heavy atom. The van der Waals surface area contributed by atoms with E-state index in [1.54, 1.807) is 9.80 Å². The van der Waals surface area contributed by atoms with Crippen molar-refractivity contribution < 1.29 is 23.9 Å². The second-order valence-electron chi connectivity index (χ2n) is 8.85. The standard InChI is InChI=1S/C14H26N2O4.C5H11NO/c1-13(2,3)19-11(17)15-7-9-16(10-8-15)12(18)20-14(4,5)6;1-5(2)3-6-4-7/h7-10H2,1-6H3;4-5H,3H2,1-2H3,(H,6,7). The number of carbonyl (C=O) groups excluding carboxylic acids is 3. The molecule has 8 nitrogen and oxygen atoms in total. The van der Waals surface area contributed by atoms with Crippen LogP contribution in [0.25, 0.3) is 0 Å². The molecule has 0 saturated carbocycles. The molecule has 0 aromatic carbocycles. The van der Waals surface area contributed by atoms with Crippen molar-refractivity contribution in [2.75, 3.05) is 32.7 Å². The minimum atomic E-state index is -0.501. The van der Waals surface area contributed by atoms with Crippen LogP contribution in [0.4, 0.5) is 9.59 Å². The van der Waals surface area contributed by atoms with Gasteiger partial charge in [-0.05, 0) is 47.5 Å². The number of hydrogen-bond acceptors (Lipinski definition) is 5. The first kappa shape index (κ1) is 25.0. The van der Waals surface area contributed by atoms with Gasteiger partial charge in [-0.2, -0.15) is 0 Å². The number of carbonyl (C=O) groups is 3. The largest absolute Gasteiger partial charge is 0.444 e. The lowest BCUT2D eigenvalue weighted by Gasteiger charge is -2.36. The Kier molecular flexibility index (Phi) is 10.2. The average molecular weight is 388 g/mol. The third-order valence-electron chi connectivity index (χ3n) is 3.19. The van der Waals surface area contributed by atoms with Crippen LogP contribution in [-0.2, 0) is 14.3 Å². The van der Waals surface area contributed by atoms with Crippen LogP contribution in [0.1, 0.15) is 55.4 Å². The van der Waals surface area contributed by atoms with E-state index >= 15 is 0 Å². The van der Waals surface area contributed by atoms with E-state index < -0.39 is 11.2 Å². The summed E-state index contributed by atoms with van der Waals surface area (Å²) in [5.41, 5.74) is -1.00. The van der Waals surface area contributed by atoms with Crippen molar-refractivity contribution in [3.05, 3.63) is 0 Å². The Hall–Kier alpha value is -1.99. The molecule has 27 heavy (non-hydrogen) atoms. The molecule has 1 aliphatic heterocycles. The second kappa shape index (κ2) is 11.0. The molecule has 1 rings (SSSR count). The fourth-order valence-corrected chi connectivity index (χ4v) is 2.01. The van der Waals surface area contributed by atoms with E-state index in [-0.39, 0.29) is 12.2 Å². The number of nitrogens with one attached hydrogen (secondary N) is 1. The van der Waals surface area contributed by atoms with Gasteiger partial charge in [0.1, 0.15) is 11.2 Å². The first-order chi connectivity index (χ1) is 12.2. The molecule has 0 aromatic rings. The van der Waals surface area contributed by atoms with Gasteiger partial charge in [-0.3, -0.25) is 4.79 Å². The van der Waals surface area contributed by atoms with Crippen molar-refractivity contribution in [2.45, 2.75) is 66.6 Å². The molecule has 0 bridgehead atoms. The van der Waals surface area contributed by atoms with Gasteiger partial charge in [0.25, 0.3) is 0 Å². The summed E-state index contributed by atoms with van der Waals surface area (Å²) >= 11 is 0. The van der Waals surface area contributed by atoms with Gasteiger partial charge in [0.05, 0.1) is 0 Å². The van der Waals surface area contributed by atoms with E-state index in [1.165, 1.54) is 0 Å². The number of rotatable bonds is 3. The summed E-state index contributed by atoms with van der Waals surface area (Å²) in [7, 11) is 0. The zero-order valence-corrected chi connectivity index (χ0v) is 18.1. The highest BCUT2D eigenvalue weighted by molar-refractivity contribution is 5.70. The minimum absolute atomic E-state index is 0.332. The Bertz CT molecular complexity index is 437. The lowest BCUT2D eigenvalue weighted by Crippen LogP contribution is -2.52. The molecule has 0 aliphatic carbocycles. The second-order valence-corrected chi connectivity index (χ2v) is 8.85. The molecule has 158 valence electrons. The molecule has 3 amide bonds. The number of amides is 3. The van der Waals surface area contributed by atoms with E-state index in [4.69, 9.17) is 9.47 Å². The SMILES string of the molecule is CC(C)(C)OC(=O)N1CCN(C(=O)OC(C)(C)C)CC1.CC(C)CNC=O. The topological polar surface area (TPSA) is 88.2 Å². The molecule has 1 heterocycles. The molecular weight excluding hydrogens is 350 g/mol. The van der Waals surface area contributed by atoms with Crippen LogP contribution in [0.3, 0.4) is 0 Å². The van der Waals surface area contributed by atoms with Gasteiger partial charge >= 0.3 is 12.2 Å². The summed E-state index contributed by atoms with van der Waals surface area (Å²) in [6.07, 6.45) is 0.0580. The zero-order chi connectivity index (χ0) is 21.3. The molecule has 0 atom stereocenters. The van der Waals surface area contributed by atoms with Crippen molar-refractivity contribution in [1.29, 1.82) is 0 Å². The van der Waals surface area contributed by atoms with Crippen LogP contribution in [0.15, 0.2) is 0 Å². The Morgan fingerprint density at radius 2 is 1.22 bits per heavy atom. The van der Waals surface area contributed by atoms with Crippen LogP contribution in [0.5, 0.6) is 0 Å². The maximum absolute atomic E-state index is 11.9. The molecule has 1 N–H and O–H groups in total. The van der Waals surface area contributed by atoms with Crippen LogP contribution in [-0.4, -0.2) is 72.3 Å². The van der Waals surface area contributed by atoms with E-state index in [0.29, 0.717) is 32.1 Å².